The third-order valence-corrected chi connectivity index (χ3v) is 4.06. The van der Waals surface area contributed by atoms with Crippen LogP contribution in [0.5, 0.6) is 0 Å². The van der Waals surface area contributed by atoms with Gasteiger partial charge in [-0.3, -0.25) is 9.59 Å². The number of sulfonamides is 1. The van der Waals surface area contributed by atoms with E-state index < -0.39 is 21.5 Å². The molecule has 0 radical (unpaired) electrons. The van der Waals surface area contributed by atoms with Gasteiger partial charge in [-0.1, -0.05) is 41.9 Å². The Morgan fingerprint density at radius 3 is 2.52 bits per heavy atom. The molecule has 8 heteroatoms. The van der Waals surface area contributed by atoms with Crippen molar-refractivity contribution in [2.75, 3.05) is 0 Å². The standard InChI is InChI=1S/C13H11ClN2O4S/c14-11-6-10(7-15-13(11)18)12(17)16-21(19,20)8-9-4-2-1-3-5-9/h1-7H,8H2,(H,15,18)(H,16,17). The molecule has 0 bridgehead atoms. The van der Waals surface area contributed by atoms with E-state index >= 15 is 0 Å². The fraction of sp³-hybridized carbons (Fsp3) is 0.0769. The average molecular weight is 327 g/mol. The molecule has 2 rings (SSSR count). The first kappa shape index (κ1) is 15.3. The highest BCUT2D eigenvalue weighted by atomic mass is 35.5. The van der Waals surface area contributed by atoms with Gasteiger partial charge >= 0.3 is 0 Å². The van der Waals surface area contributed by atoms with E-state index in [9.17, 15) is 18.0 Å². The van der Waals surface area contributed by atoms with Crippen molar-refractivity contribution in [2.45, 2.75) is 5.75 Å². The summed E-state index contributed by atoms with van der Waals surface area (Å²) in [5.41, 5.74) is -0.0473. The minimum absolute atomic E-state index is 0.0452. The molecular weight excluding hydrogens is 316 g/mol. The topological polar surface area (TPSA) is 96.1 Å². The number of amides is 1. The van der Waals surface area contributed by atoms with Gasteiger partial charge < -0.3 is 4.98 Å². The number of carbonyl (C=O) groups excluding carboxylic acids is 1. The number of H-pyrrole nitrogens is 1. The number of pyridine rings is 1. The Hall–Kier alpha value is -2.12. The Bertz CT molecular complexity index is 816. The number of carbonyl (C=O) groups is 1. The summed E-state index contributed by atoms with van der Waals surface area (Å²) < 4.78 is 25.7. The van der Waals surface area contributed by atoms with E-state index in [1.165, 1.54) is 0 Å². The fourth-order valence-corrected chi connectivity index (χ4v) is 2.89. The number of hydrogen-bond donors (Lipinski definition) is 2. The summed E-state index contributed by atoms with van der Waals surface area (Å²) in [6.07, 6.45) is 1.10. The van der Waals surface area contributed by atoms with E-state index in [0.717, 1.165) is 12.3 Å². The SMILES string of the molecule is O=C(NS(=O)(=O)Cc1ccccc1)c1c[nH]c(=O)c(Cl)c1. The molecular formula is C13H11ClN2O4S. The van der Waals surface area contributed by atoms with Crippen LogP contribution in [-0.4, -0.2) is 19.3 Å². The normalized spacial score (nSPS) is 11.1. The molecule has 1 amide bonds. The van der Waals surface area contributed by atoms with E-state index in [1.807, 2.05) is 4.72 Å². The molecule has 0 saturated carbocycles. The van der Waals surface area contributed by atoms with Crippen molar-refractivity contribution in [1.29, 1.82) is 0 Å². The number of halogens is 1. The molecule has 21 heavy (non-hydrogen) atoms. The number of hydrogen-bond acceptors (Lipinski definition) is 4. The van der Waals surface area contributed by atoms with Crippen LogP contribution in [0.25, 0.3) is 0 Å². The van der Waals surface area contributed by atoms with Crippen LogP contribution in [0.2, 0.25) is 5.02 Å². The molecule has 1 heterocycles. The summed E-state index contributed by atoms with van der Waals surface area (Å²) >= 11 is 5.59. The van der Waals surface area contributed by atoms with Crippen molar-refractivity contribution in [3.8, 4) is 0 Å². The van der Waals surface area contributed by atoms with Gasteiger partial charge in [-0.15, -0.1) is 0 Å². The van der Waals surface area contributed by atoms with Crippen molar-refractivity contribution in [3.63, 3.8) is 0 Å². The molecule has 0 fully saturated rings. The Kier molecular flexibility index (Phi) is 4.44. The van der Waals surface area contributed by atoms with Gasteiger partial charge in [-0.2, -0.15) is 0 Å². The highest BCUT2D eigenvalue weighted by Crippen LogP contribution is 2.07. The highest BCUT2D eigenvalue weighted by Gasteiger charge is 2.17. The summed E-state index contributed by atoms with van der Waals surface area (Å²) in [7, 11) is -3.84. The number of aromatic nitrogens is 1. The second-order valence-corrected chi connectivity index (χ2v) is 6.37. The van der Waals surface area contributed by atoms with Crippen LogP contribution in [0.1, 0.15) is 15.9 Å². The molecule has 0 spiro atoms. The summed E-state index contributed by atoms with van der Waals surface area (Å²) in [5, 5.41) is -0.192. The third-order valence-electron chi connectivity index (χ3n) is 2.57. The first-order chi connectivity index (χ1) is 9.87. The second kappa shape index (κ2) is 6.11. The quantitative estimate of drug-likeness (QED) is 0.884. The summed E-state index contributed by atoms with van der Waals surface area (Å²) in [5.74, 6) is -1.18. The first-order valence-electron chi connectivity index (χ1n) is 5.84. The zero-order valence-electron chi connectivity index (χ0n) is 10.7. The van der Waals surface area contributed by atoms with Gasteiger partial charge in [-0.25, -0.2) is 13.1 Å². The maximum atomic E-state index is 11.9. The number of benzene rings is 1. The Labute approximate surface area is 125 Å². The molecule has 0 aliphatic rings. The Balaban J connectivity index is 2.14. The fourth-order valence-electron chi connectivity index (χ4n) is 1.62. The summed E-state index contributed by atoms with van der Waals surface area (Å²) in [4.78, 5) is 25.2. The minimum atomic E-state index is -3.84. The highest BCUT2D eigenvalue weighted by molar-refractivity contribution is 7.89. The Morgan fingerprint density at radius 1 is 1.24 bits per heavy atom. The molecule has 1 aromatic heterocycles. The van der Waals surface area contributed by atoms with Crippen LogP contribution >= 0.6 is 11.6 Å². The van der Waals surface area contributed by atoms with E-state index in [4.69, 9.17) is 11.6 Å². The number of rotatable bonds is 4. The molecule has 0 aliphatic heterocycles. The van der Waals surface area contributed by atoms with E-state index in [2.05, 4.69) is 4.98 Å². The molecule has 0 unspecified atom stereocenters. The van der Waals surface area contributed by atoms with Crippen LogP contribution in [-0.2, 0) is 15.8 Å². The predicted octanol–water partition coefficient (Wildman–Crippen LogP) is 1.29. The lowest BCUT2D eigenvalue weighted by Crippen LogP contribution is -2.32. The third kappa shape index (κ3) is 4.17. The largest absolute Gasteiger partial charge is 0.327 e. The lowest BCUT2D eigenvalue weighted by Gasteiger charge is -2.07. The zero-order chi connectivity index (χ0) is 15.5. The van der Waals surface area contributed by atoms with Gasteiger partial charge in [0, 0.05) is 6.20 Å². The van der Waals surface area contributed by atoms with Crippen molar-refractivity contribution in [2.24, 2.45) is 0 Å². The summed E-state index contributed by atoms with van der Waals surface area (Å²) in [6.45, 7) is 0. The van der Waals surface area contributed by atoms with Gasteiger partial charge in [0.15, 0.2) is 0 Å². The molecule has 1 aromatic carbocycles. The zero-order valence-corrected chi connectivity index (χ0v) is 12.2. The van der Waals surface area contributed by atoms with Crippen LogP contribution in [0, 0.1) is 0 Å². The van der Waals surface area contributed by atoms with Crippen LogP contribution in [0.4, 0.5) is 0 Å². The van der Waals surface area contributed by atoms with Crippen molar-refractivity contribution >= 4 is 27.5 Å². The molecule has 6 nitrogen and oxygen atoms in total. The van der Waals surface area contributed by atoms with E-state index in [1.54, 1.807) is 30.3 Å². The maximum absolute atomic E-state index is 11.9. The van der Waals surface area contributed by atoms with Gasteiger partial charge in [0.05, 0.1) is 11.3 Å². The van der Waals surface area contributed by atoms with Crippen molar-refractivity contribution < 1.29 is 13.2 Å². The van der Waals surface area contributed by atoms with E-state index in [-0.39, 0.29) is 16.3 Å². The summed E-state index contributed by atoms with van der Waals surface area (Å²) in [6, 6.07) is 9.55. The predicted molar refractivity (Wildman–Crippen MR) is 78.6 cm³/mol. The van der Waals surface area contributed by atoms with Gasteiger partial charge in [0.25, 0.3) is 11.5 Å². The van der Waals surface area contributed by atoms with Gasteiger partial charge in [0.1, 0.15) is 5.02 Å². The van der Waals surface area contributed by atoms with Crippen molar-refractivity contribution in [1.82, 2.24) is 9.71 Å². The molecule has 2 aromatic rings. The molecule has 110 valence electrons. The smallest absolute Gasteiger partial charge is 0.266 e. The van der Waals surface area contributed by atoms with Gasteiger partial charge in [-0.05, 0) is 11.6 Å². The monoisotopic (exact) mass is 326 g/mol. The number of aromatic amines is 1. The molecule has 2 N–H and O–H groups in total. The lowest BCUT2D eigenvalue weighted by atomic mass is 10.2. The van der Waals surface area contributed by atoms with Crippen molar-refractivity contribution in [3.05, 3.63) is 69.1 Å². The van der Waals surface area contributed by atoms with Gasteiger partial charge in [0.2, 0.25) is 10.0 Å². The molecule has 0 aliphatic carbocycles. The Morgan fingerprint density at radius 2 is 1.90 bits per heavy atom. The number of nitrogens with one attached hydrogen (secondary N) is 2. The van der Waals surface area contributed by atoms with Crippen LogP contribution in [0.15, 0.2) is 47.4 Å². The second-order valence-electron chi connectivity index (χ2n) is 4.24. The average Bonchev–Trinajstić information content (AvgIpc) is 2.41. The van der Waals surface area contributed by atoms with E-state index in [0.29, 0.717) is 5.56 Å². The molecule has 0 atom stereocenters. The van der Waals surface area contributed by atoms with Crippen LogP contribution < -0.4 is 10.3 Å². The lowest BCUT2D eigenvalue weighted by molar-refractivity contribution is 0.0981. The van der Waals surface area contributed by atoms with Crippen LogP contribution in [0.3, 0.4) is 0 Å². The first-order valence-corrected chi connectivity index (χ1v) is 7.87. The maximum Gasteiger partial charge on any atom is 0.266 e. The minimum Gasteiger partial charge on any atom is -0.327 e. The molecule has 0 saturated heterocycles.